The fraction of sp³-hybridized carbons (Fsp3) is 0.0952. The maximum atomic E-state index is 13.2. The highest BCUT2D eigenvalue weighted by Crippen LogP contribution is 2.28. The van der Waals surface area contributed by atoms with Gasteiger partial charge in [0.15, 0.2) is 18.2 Å². The van der Waals surface area contributed by atoms with Crippen LogP contribution in [-0.4, -0.2) is 28.0 Å². The van der Waals surface area contributed by atoms with Gasteiger partial charge in [-0.25, -0.2) is 17.2 Å². The van der Waals surface area contributed by atoms with Crippen molar-refractivity contribution in [1.29, 1.82) is 0 Å². The van der Waals surface area contributed by atoms with Gasteiger partial charge in [-0.1, -0.05) is 11.6 Å². The second kappa shape index (κ2) is 9.84. The molecule has 0 spiro atoms. The molecule has 0 aliphatic rings. The number of nitrogens with one attached hydrogen (secondary N) is 2. The molecule has 0 saturated heterocycles. The first kappa shape index (κ1) is 23.3. The first-order valence-corrected chi connectivity index (χ1v) is 10.9. The van der Waals surface area contributed by atoms with E-state index in [1.807, 2.05) is 0 Å². The standard InChI is InChI=1S/C21H17ClF2N2O5S/c1-30-20-9-3-14(10-17(20)22)26-32(28,29)16-6-4-15(5-7-16)31-12-21(27)25-13-2-8-18(23)19(24)11-13/h2-11,26H,12H2,1H3,(H,25,27). The minimum Gasteiger partial charge on any atom is -0.495 e. The van der Waals surface area contributed by atoms with Crippen molar-refractivity contribution in [2.24, 2.45) is 0 Å². The van der Waals surface area contributed by atoms with Gasteiger partial charge in [0.05, 0.1) is 22.7 Å². The van der Waals surface area contributed by atoms with Crippen molar-refractivity contribution < 1.29 is 31.5 Å². The van der Waals surface area contributed by atoms with E-state index in [-0.39, 0.29) is 27.0 Å². The van der Waals surface area contributed by atoms with Gasteiger partial charge >= 0.3 is 0 Å². The van der Waals surface area contributed by atoms with Crippen molar-refractivity contribution >= 4 is 38.9 Å². The van der Waals surface area contributed by atoms with E-state index < -0.39 is 34.2 Å². The fourth-order valence-corrected chi connectivity index (χ4v) is 3.89. The summed E-state index contributed by atoms with van der Waals surface area (Å²) in [6, 6.07) is 12.7. The Morgan fingerprint density at radius 2 is 1.66 bits per heavy atom. The summed E-state index contributed by atoms with van der Waals surface area (Å²) < 4.78 is 63.9. The maximum absolute atomic E-state index is 13.2. The number of halogens is 3. The second-order valence-corrected chi connectivity index (χ2v) is 8.48. The lowest BCUT2D eigenvalue weighted by molar-refractivity contribution is -0.118. The van der Waals surface area contributed by atoms with Gasteiger partial charge in [0.2, 0.25) is 0 Å². The monoisotopic (exact) mass is 482 g/mol. The van der Waals surface area contributed by atoms with E-state index in [4.69, 9.17) is 21.1 Å². The molecule has 3 aromatic carbocycles. The van der Waals surface area contributed by atoms with E-state index in [1.54, 1.807) is 0 Å². The number of sulfonamides is 1. The molecule has 0 saturated carbocycles. The minimum atomic E-state index is -3.90. The van der Waals surface area contributed by atoms with E-state index in [0.29, 0.717) is 5.75 Å². The van der Waals surface area contributed by atoms with Crippen LogP contribution in [0.2, 0.25) is 5.02 Å². The highest BCUT2D eigenvalue weighted by molar-refractivity contribution is 7.92. The van der Waals surface area contributed by atoms with Crippen LogP contribution in [0.4, 0.5) is 20.2 Å². The molecule has 2 N–H and O–H groups in total. The second-order valence-electron chi connectivity index (χ2n) is 6.39. The number of hydrogen-bond acceptors (Lipinski definition) is 5. The largest absolute Gasteiger partial charge is 0.495 e. The molecule has 0 radical (unpaired) electrons. The van der Waals surface area contributed by atoms with Gasteiger partial charge in [-0.2, -0.15) is 0 Å². The molecule has 3 rings (SSSR count). The SMILES string of the molecule is COc1ccc(NS(=O)(=O)c2ccc(OCC(=O)Nc3ccc(F)c(F)c3)cc2)cc1Cl. The minimum absolute atomic E-state index is 0.0389. The van der Waals surface area contributed by atoms with E-state index >= 15 is 0 Å². The number of hydrogen-bond donors (Lipinski definition) is 2. The van der Waals surface area contributed by atoms with Crippen LogP contribution in [0.1, 0.15) is 0 Å². The number of carbonyl (C=O) groups excluding carboxylic acids is 1. The van der Waals surface area contributed by atoms with E-state index in [1.165, 1.54) is 55.6 Å². The molecule has 0 aromatic heterocycles. The summed E-state index contributed by atoms with van der Waals surface area (Å²) >= 11 is 6.01. The van der Waals surface area contributed by atoms with Gasteiger partial charge < -0.3 is 14.8 Å². The number of carbonyl (C=O) groups is 1. The zero-order chi connectivity index (χ0) is 23.3. The summed E-state index contributed by atoms with van der Waals surface area (Å²) in [4.78, 5) is 11.9. The van der Waals surface area contributed by atoms with Crippen molar-refractivity contribution in [2.75, 3.05) is 23.8 Å². The van der Waals surface area contributed by atoms with Gasteiger partial charge in [0, 0.05) is 11.8 Å². The molecule has 1 amide bonds. The Hall–Kier alpha value is -3.37. The average Bonchev–Trinajstić information content (AvgIpc) is 2.75. The van der Waals surface area contributed by atoms with Gasteiger partial charge in [-0.05, 0) is 54.6 Å². The highest BCUT2D eigenvalue weighted by atomic mass is 35.5. The Morgan fingerprint density at radius 3 is 2.28 bits per heavy atom. The molecule has 3 aromatic rings. The Kier molecular flexibility index (Phi) is 7.16. The molecule has 32 heavy (non-hydrogen) atoms. The quantitative estimate of drug-likeness (QED) is 0.495. The van der Waals surface area contributed by atoms with Crippen LogP contribution in [0.15, 0.2) is 65.6 Å². The summed E-state index contributed by atoms with van der Waals surface area (Å²) in [5.74, 6) is -2.09. The molecule has 0 heterocycles. The molecule has 7 nitrogen and oxygen atoms in total. The lowest BCUT2D eigenvalue weighted by Gasteiger charge is -2.11. The van der Waals surface area contributed by atoms with E-state index in [2.05, 4.69) is 10.0 Å². The summed E-state index contributed by atoms with van der Waals surface area (Å²) in [7, 11) is -2.45. The molecule has 0 bridgehead atoms. The van der Waals surface area contributed by atoms with Crippen molar-refractivity contribution in [1.82, 2.24) is 0 Å². The van der Waals surface area contributed by atoms with Gasteiger partial charge in [0.1, 0.15) is 11.5 Å². The first-order chi connectivity index (χ1) is 15.2. The van der Waals surface area contributed by atoms with Crippen molar-refractivity contribution in [3.05, 3.63) is 77.3 Å². The van der Waals surface area contributed by atoms with Crippen molar-refractivity contribution in [2.45, 2.75) is 4.90 Å². The topological polar surface area (TPSA) is 93.7 Å². The molecule has 0 aliphatic heterocycles. The maximum Gasteiger partial charge on any atom is 0.262 e. The van der Waals surface area contributed by atoms with Crippen LogP contribution in [0, 0.1) is 11.6 Å². The van der Waals surface area contributed by atoms with Crippen LogP contribution < -0.4 is 19.5 Å². The lowest BCUT2D eigenvalue weighted by atomic mass is 10.3. The number of anilines is 2. The number of methoxy groups -OCH3 is 1. The summed E-state index contributed by atoms with van der Waals surface area (Å²) in [5.41, 5.74) is 0.327. The summed E-state index contributed by atoms with van der Waals surface area (Å²) in [6.45, 7) is -0.423. The molecular formula is C21H17ClF2N2O5S. The molecule has 0 unspecified atom stereocenters. The van der Waals surface area contributed by atoms with Crippen LogP contribution in [0.3, 0.4) is 0 Å². The lowest BCUT2D eigenvalue weighted by Crippen LogP contribution is -2.20. The van der Waals surface area contributed by atoms with Gasteiger partial charge in [0.25, 0.3) is 15.9 Å². The third kappa shape index (κ3) is 5.86. The third-order valence-corrected chi connectivity index (χ3v) is 5.80. The number of ether oxygens (including phenoxy) is 2. The molecular weight excluding hydrogens is 466 g/mol. The molecule has 0 atom stereocenters. The summed E-state index contributed by atoms with van der Waals surface area (Å²) in [5, 5.41) is 2.61. The number of amides is 1. The highest BCUT2D eigenvalue weighted by Gasteiger charge is 2.15. The van der Waals surface area contributed by atoms with Crippen molar-refractivity contribution in [3.8, 4) is 11.5 Å². The molecule has 168 valence electrons. The van der Waals surface area contributed by atoms with Crippen LogP contribution in [-0.2, 0) is 14.8 Å². The average molecular weight is 483 g/mol. The van der Waals surface area contributed by atoms with Crippen LogP contribution in [0.5, 0.6) is 11.5 Å². The first-order valence-electron chi connectivity index (χ1n) is 9.02. The smallest absolute Gasteiger partial charge is 0.262 e. The van der Waals surface area contributed by atoms with E-state index in [9.17, 15) is 22.0 Å². The number of benzene rings is 3. The predicted molar refractivity (Wildman–Crippen MR) is 116 cm³/mol. The van der Waals surface area contributed by atoms with Crippen LogP contribution in [0.25, 0.3) is 0 Å². The Bertz CT molecular complexity index is 1240. The van der Waals surface area contributed by atoms with Crippen LogP contribution >= 0.6 is 11.6 Å². The normalized spacial score (nSPS) is 11.0. The predicted octanol–water partition coefficient (Wildman–Crippen LogP) is 4.45. The van der Waals surface area contributed by atoms with E-state index in [0.717, 1.165) is 12.1 Å². The molecule has 0 fully saturated rings. The third-order valence-electron chi connectivity index (χ3n) is 4.11. The zero-order valence-corrected chi connectivity index (χ0v) is 18.1. The summed E-state index contributed by atoms with van der Waals surface area (Å²) in [6.07, 6.45) is 0. The van der Waals surface area contributed by atoms with Gasteiger partial charge in [-0.3, -0.25) is 9.52 Å². The molecule has 11 heteroatoms. The fourth-order valence-electron chi connectivity index (χ4n) is 2.58. The Morgan fingerprint density at radius 1 is 0.969 bits per heavy atom. The number of rotatable bonds is 8. The van der Waals surface area contributed by atoms with Gasteiger partial charge in [-0.15, -0.1) is 0 Å². The Labute approximate surface area is 188 Å². The van der Waals surface area contributed by atoms with Crippen molar-refractivity contribution in [3.63, 3.8) is 0 Å². The Balaban J connectivity index is 1.59. The zero-order valence-electron chi connectivity index (χ0n) is 16.6. The molecule has 0 aliphatic carbocycles.